The Morgan fingerprint density at radius 3 is 2.42 bits per heavy atom. The van der Waals surface area contributed by atoms with E-state index in [9.17, 15) is 13.2 Å². The van der Waals surface area contributed by atoms with Crippen molar-refractivity contribution in [2.45, 2.75) is 25.2 Å². The summed E-state index contributed by atoms with van der Waals surface area (Å²) in [6.07, 6.45) is 0.0692. The lowest BCUT2D eigenvalue weighted by Gasteiger charge is -2.11. The molecule has 0 spiro atoms. The molecule has 3 aromatic rings. The largest absolute Gasteiger partial charge is 0.360 e. The minimum atomic E-state index is -4.02. The van der Waals surface area contributed by atoms with Gasteiger partial charge >= 0.3 is 0 Å². The van der Waals surface area contributed by atoms with Crippen LogP contribution < -0.4 is 4.72 Å². The predicted molar refractivity (Wildman–Crippen MR) is 97.7 cm³/mol. The van der Waals surface area contributed by atoms with Gasteiger partial charge in [0.1, 0.15) is 11.5 Å². The van der Waals surface area contributed by atoms with E-state index in [1.807, 2.05) is 30.3 Å². The quantitative estimate of drug-likeness (QED) is 0.742. The number of nitrogens with one attached hydrogen (secondary N) is 1. The van der Waals surface area contributed by atoms with Gasteiger partial charge in [0, 0.05) is 12.0 Å². The smallest absolute Gasteiger partial charge is 0.264 e. The van der Waals surface area contributed by atoms with Gasteiger partial charge in [-0.15, -0.1) is 0 Å². The molecule has 0 bridgehead atoms. The monoisotopic (exact) mass is 370 g/mol. The lowest BCUT2D eigenvalue weighted by Crippen LogP contribution is -2.30. The SMILES string of the molecule is CCC(=O)NS(=O)(=O)c1ccccc1-c1noc(C)c1-c1ccccc1. The average molecular weight is 370 g/mol. The van der Waals surface area contributed by atoms with E-state index in [1.54, 1.807) is 32.0 Å². The van der Waals surface area contributed by atoms with Crippen LogP contribution in [0.15, 0.2) is 64.0 Å². The zero-order chi connectivity index (χ0) is 18.7. The van der Waals surface area contributed by atoms with Gasteiger partial charge in [0.05, 0.1) is 10.5 Å². The molecule has 26 heavy (non-hydrogen) atoms. The van der Waals surface area contributed by atoms with Gasteiger partial charge in [0.15, 0.2) is 0 Å². The van der Waals surface area contributed by atoms with Crippen LogP contribution in [0, 0.1) is 6.92 Å². The second-order valence-electron chi connectivity index (χ2n) is 5.71. The summed E-state index contributed by atoms with van der Waals surface area (Å²) in [7, 11) is -4.02. The van der Waals surface area contributed by atoms with Crippen molar-refractivity contribution in [3.63, 3.8) is 0 Å². The van der Waals surface area contributed by atoms with Crippen molar-refractivity contribution >= 4 is 15.9 Å². The van der Waals surface area contributed by atoms with E-state index in [4.69, 9.17) is 4.52 Å². The maximum absolute atomic E-state index is 12.7. The first-order chi connectivity index (χ1) is 12.4. The first-order valence-corrected chi connectivity index (χ1v) is 9.59. The molecule has 0 fully saturated rings. The van der Waals surface area contributed by atoms with Crippen molar-refractivity contribution < 1.29 is 17.7 Å². The first-order valence-electron chi connectivity index (χ1n) is 8.10. The summed E-state index contributed by atoms with van der Waals surface area (Å²) in [6.45, 7) is 3.36. The average Bonchev–Trinajstić information content (AvgIpc) is 3.03. The van der Waals surface area contributed by atoms with E-state index in [0.29, 0.717) is 17.0 Å². The highest BCUT2D eigenvalue weighted by Crippen LogP contribution is 2.36. The Morgan fingerprint density at radius 1 is 1.08 bits per heavy atom. The minimum Gasteiger partial charge on any atom is -0.360 e. The molecule has 0 unspecified atom stereocenters. The highest BCUT2D eigenvalue weighted by Gasteiger charge is 2.25. The van der Waals surface area contributed by atoms with Crippen LogP contribution in [0.3, 0.4) is 0 Å². The van der Waals surface area contributed by atoms with E-state index in [0.717, 1.165) is 11.1 Å². The van der Waals surface area contributed by atoms with Crippen molar-refractivity contribution in [3.8, 4) is 22.4 Å². The number of carbonyl (C=O) groups excluding carboxylic acids is 1. The fourth-order valence-corrected chi connectivity index (χ4v) is 3.94. The summed E-state index contributed by atoms with van der Waals surface area (Å²) >= 11 is 0. The van der Waals surface area contributed by atoms with Crippen molar-refractivity contribution in [3.05, 3.63) is 60.4 Å². The molecule has 0 saturated heterocycles. The molecule has 1 N–H and O–H groups in total. The van der Waals surface area contributed by atoms with Crippen LogP contribution in [0.25, 0.3) is 22.4 Å². The normalized spacial score (nSPS) is 11.3. The number of aryl methyl sites for hydroxylation is 1. The van der Waals surface area contributed by atoms with Crippen LogP contribution in [0.4, 0.5) is 0 Å². The fraction of sp³-hybridized carbons (Fsp3) is 0.158. The van der Waals surface area contributed by atoms with Gasteiger partial charge in [-0.2, -0.15) is 0 Å². The maximum Gasteiger partial charge on any atom is 0.264 e. The van der Waals surface area contributed by atoms with Gasteiger partial charge in [-0.1, -0.05) is 60.6 Å². The fourth-order valence-electron chi connectivity index (χ4n) is 2.67. The van der Waals surface area contributed by atoms with Gasteiger partial charge < -0.3 is 4.52 Å². The number of hydrogen-bond acceptors (Lipinski definition) is 5. The highest BCUT2D eigenvalue weighted by atomic mass is 32.2. The highest BCUT2D eigenvalue weighted by molar-refractivity contribution is 7.90. The van der Waals surface area contributed by atoms with Crippen molar-refractivity contribution in [2.24, 2.45) is 0 Å². The molecule has 0 atom stereocenters. The molecule has 0 aliphatic carbocycles. The van der Waals surface area contributed by atoms with E-state index >= 15 is 0 Å². The van der Waals surface area contributed by atoms with Crippen LogP contribution in [0.1, 0.15) is 19.1 Å². The van der Waals surface area contributed by atoms with Crippen LogP contribution in [-0.4, -0.2) is 19.5 Å². The zero-order valence-corrected chi connectivity index (χ0v) is 15.2. The van der Waals surface area contributed by atoms with E-state index in [-0.39, 0.29) is 11.3 Å². The molecule has 6 nitrogen and oxygen atoms in total. The minimum absolute atomic E-state index is 0.0210. The third-order valence-corrected chi connectivity index (χ3v) is 5.36. The molecule has 1 aromatic heterocycles. The van der Waals surface area contributed by atoms with Gasteiger partial charge in [-0.25, -0.2) is 13.1 Å². The zero-order valence-electron chi connectivity index (χ0n) is 14.4. The van der Waals surface area contributed by atoms with Crippen molar-refractivity contribution in [2.75, 3.05) is 0 Å². The summed E-state index contributed by atoms with van der Waals surface area (Å²) in [5.41, 5.74) is 2.37. The number of carbonyl (C=O) groups is 1. The molecular weight excluding hydrogens is 352 g/mol. The molecule has 2 aromatic carbocycles. The standard InChI is InChI=1S/C19H18N2O4S/c1-3-17(22)21-26(23,24)16-12-8-7-11-15(16)19-18(13(2)25-20-19)14-9-5-4-6-10-14/h4-12H,3H2,1-2H3,(H,21,22). The van der Waals surface area contributed by atoms with Crippen LogP contribution in [0.5, 0.6) is 0 Å². The first kappa shape index (κ1) is 17.9. The van der Waals surface area contributed by atoms with E-state index < -0.39 is 15.9 Å². The van der Waals surface area contributed by atoms with Gasteiger partial charge in [-0.05, 0) is 18.6 Å². The molecule has 0 aliphatic heterocycles. The number of benzene rings is 2. The Hall–Kier alpha value is -2.93. The number of hydrogen-bond donors (Lipinski definition) is 1. The second kappa shape index (κ2) is 7.13. The Kier molecular flexibility index (Phi) is 4.90. The number of nitrogens with zero attached hydrogens (tertiary/aromatic N) is 1. The molecule has 0 saturated carbocycles. The number of rotatable bonds is 5. The topological polar surface area (TPSA) is 89.3 Å². The number of aromatic nitrogens is 1. The third-order valence-electron chi connectivity index (χ3n) is 3.93. The molecule has 7 heteroatoms. The lowest BCUT2D eigenvalue weighted by atomic mass is 9.99. The van der Waals surface area contributed by atoms with Crippen molar-refractivity contribution in [1.29, 1.82) is 0 Å². The Balaban J connectivity index is 2.18. The van der Waals surface area contributed by atoms with Gasteiger partial charge in [-0.3, -0.25) is 4.79 Å². The Morgan fingerprint density at radius 2 is 1.73 bits per heavy atom. The summed E-state index contributed by atoms with van der Waals surface area (Å²) in [5.74, 6) is 0.00964. The molecule has 134 valence electrons. The maximum atomic E-state index is 12.7. The summed E-state index contributed by atoms with van der Waals surface area (Å²) in [6, 6.07) is 15.9. The number of sulfonamides is 1. The van der Waals surface area contributed by atoms with E-state index in [1.165, 1.54) is 6.07 Å². The van der Waals surface area contributed by atoms with Gasteiger partial charge in [0.25, 0.3) is 10.0 Å². The van der Waals surface area contributed by atoms with Crippen LogP contribution in [0.2, 0.25) is 0 Å². The second-order valence-corrected chi connectivity index (χ2v) is 7.36. The molecule has 0 radical (unpaired) electrons. The van der Waals surface area contributed by atoms with Gasteiger partial charge in [0.2, 0.25) is 5.91 Å². The van der Waals surface area contributed by atoms with Crippen LogP contribution in [-0.2, 0) is 14.8 Å². The summed E-state index contributed by atoms with van der Waals surface area (Å²) in [4.78, 5) is 11.6. The molecule has 3 rings (SSSR count). The molecule has 0 aliphatic rings. The Labute approximate surface area is 151 Å². The molecule has 1 amide bonds. The Bertz CT molecular complexity index is 1040. The summed E-state index contributed by atoms with van der Waals surface area (Å²) < 4.78 is 32.7. The lowest BCUT2D eigenvalue weighted by molar-refractivity contribution is -0.119. The number of amides is 1. The predicted octanol–water partition coefficient (Wildman–Crippen LogP) is 3.53. The summed E-state index contributed by atoms with van der Waals surface area (Å²) in [5, 5.41) is 4.08. The molecule has 1 heterocycles. The van der Waals surface area contributed by atoms with E-state index in [2.05, 4.69) is 9.88 Å². The third kappa shape index (κ3) is 3.39. The van der Waals surface area contributed by atoms with Crippen molar-refractivity contribution in [1.82, 2.24) is 9.88 Å². The van der Waals surface area contributed by atoms with Crippen LogP contribution >= 0.6 is 0 Å². The molecular formula is C19H18N2O4S.